The number of nitrogens with zero attached hydrogens (tertiary/aromatic N) is 2. The minimum atomic E-state index is -0.649. The van der Waals surface area contributed by atoms with Gasteiger partial charge in [0.05, 0.1) is 24.6 Å². The third-order valence-electron chi connectivity index (χ3n) is 5.49. The summed E-state index contributed by atoms with van der Waals surface area (Å²) in [6.07, 6.45) is 6.83. The van der Waals surface area contributed by atoms with Crippen LogP contribution < -0.4 is 10.1 Å². The lowest BCUT2D eigenvalue weighted by molar-refractivity contribution is 0.146. The molecule has 202 valence electrons. The number of nitrogens with one attached hydrogen (secondary N) is 1. The third-order valence-corrected chi connectivity index (χ3v) is 5.49. The Kier molecular flexibility index (Phi) is 11.5. The van der Waals surface area contributed by atoms with Crippen molar-refractivity contribution in [3.05, 3.63) is 83.9 Å². The Balaban J connectivity index is 0.000000281. The Labute approximate surface area is 221 Å². The molecule has 0 aliphatic rings. The first-order valence-corrected chi connectivity index (χ1v) is 12.7. The van der Waals surface area contributed by atoms with Gasteiger partial charge < -0.3 is 25.4 Å². The van der Waals surface area contributed by atoms with Crippen molar-refractivity contribution in [2.45, 2.75) is 78.7 Å². The van der Waals surface area contributed by atoms with Gasteiger partial charge in [0.2, 0.25) is 0 Å². The number of hydrogen-bond acceptors (Lipinski definition) is 7. The first-order chi connectivity index (χ1) is 17.3. The van der Waals surface area contributed by atoms with E-state index < -0.39 is 12.2 Å². The van der Waals surface area contributed by atoms with Crippen molar-refractivity contribution in [2.24, 2.45) is 5.41 Å². The summed E-state index contributed by atoms with van der Waals surface area (Å²) in [6, 6.07) is 13.4. The van der Waals surface area contributed by atoms with E-state index in [9.17, 15) is 15.3 Å². The van der Waals surface area contributed by atoms with Gasteiger partial charge in [-0.25, -0.2) is 0 Å². The van der Waals surface area contributed by atoms with Crippen molar-refractivity contribution in [3.63, 3.8) is 0 Å². The molecule has 1 aromatic carbocycles. The van der Waals surface area contributed by atoms with Crippen LogP contribution in [0.4, 0.5) is 0 Å². The number of aliphatic hydroxyl groups excluding tert-OH is 2. The van der Waals surface area contributed by atoms with Crippen molar-refractivity contribution >= 4 is 0 Å². The van der Waals surface area contributed by atoms with Crippen LogP contribution in [0, 0.1) is 5.41 Å². The highest BCUT2D eigenvalue weighted by molar-refractivity contribution is 5.26. The Morgan fingerprint density at radius 2 is 1.46 bits per heavy atom. The Bertz CT molecular complexity index is 1060. The van der Waals surface area contributed by atoms with Gasteiger partial charge in [0.15, 0.2) is 0 Å². The smallest absolute Gasteiger partial charge is 0.138 e. The van der Waals surface area contributed by atoms with Gasteiger partial charge in [-0.1, -0.05) is 51.1 Å². The molecule has 7 nitrogen and oxygen atoms in total. The van der Waals surface area contributed by atoms with Crippen LogP contribution in [0.3, 0.4) is 0 Å². The molecule has 0 fully saturated rings. The van der Waals surface area contributed by atoms with Crippen LogP contribution in [0.25, 0.3) is 0 Å². The van der Waals surface area contributed by atoms with Gasteiger partial charge in [0.25, 0.3) is 0 Å². The molecule has 0 radical (unpaired) electrons. The lowest BCUT2D eigenvalue weighted by Crippen LogP contribution is -2.38. The van der Waals surface area contributed by atoms with Gasteiger partial charge in [0.1, 0.15) is 18.1 Å². The molecule has 3 aromatic rings. The number of pyridine rings is 2. The zero-order chi connectivity index (χ0) is 27.5. The molecule has 0 aliphatic carbocycles. The molecule has 0 amide bonds. The molecule has 0 saturated heterocycles. The van der Waals surface area contributed by atoms with Crippen LogP contribution in [-0.2, 0) is 6.61 Å². The number of aliphatic hydroxyl groups is 2. The maximum absolute atomic E-state index is 10.3. The molecule has 3 rings (SSSR count). The van der Waals surface area contributed by atoms with Crippen molar-refractivity contribution in [1.82, 2.24) is 15.3 Å². The number of ether oxygens (including phenoxy) is 1. The minimum absolute atomic E-state index is 0.0365. The summed E-state index contributed by atoms with van der Waals surface area (Å²) in [5.74, 6) is 0.762. The van der Waals surface area contributed by atoms with Gasteiger partial charge in [-0.2, -0.15) is 0 Å². The van der Waals surface area contributed by atoms with Gasteiger partial charge in [0, 0.05) is 35.6 Å². The number of hydrogen-bond donors (Lipinski definition) is 4. The highest BCUT2D eigenvalue weighted by atomic mass is 16.5. The summed E-state index contributed by atoms with van der Waals surface area (Å²) in [6.45, 7) is 13.6. The quantitative estimate of drug-likeness (QED) is 0.292. The van der Waals surface area contributed by atoms with Crippen LogP contribution in [0.1, 0.15) is 83.3 Å². The summed E-state index contributed by atoms with van der Waals surface area (Å²) >= 11 is 0. The van der Waals surface area contributed by atoms with Crippen LogP contribution >= 0.6 is 0 Å². The summed E-state index contributed by atoms with van der Waals surface area (Å²) in [4.78, 5) is 7.99. The van der Waals surface area contributed by atoms with E-state index in [4.69, 9.17) is 4.74 Å². The highest BCUT2D eigenvalue weighted by Gasteiger charge is 2.16. The summed E-state index contributed by atoms with van der Waals surface area (Å²) < 4.78 is 5.75. The molecular formula is C30H43N3O4. The summed E-state index contributed by atoms with van der Waals surface area (Å²) in [5, 5.41) is 32.5. The van der Waals surface area contributed by atoms with Crippen LogP contribution in [0.15, 0.2) is 67.3 Å². The van der Waals surface area contributed by atoms with Crippen LogP contribution in [-0.4, -0.2) is 37.4 Å². The topological polar surface area (TPSA) is 108 Å². The van der Waals surface area contributed by atoms with Gasteiger partial charge >= 0.3 is 0 Å². The lowest BCUT2D eigenvalue weighted by Gasteiger charge is -2.22. The maximum Gasteiger partial charge on any atom is 0.138 e. The molecule has 2 atom stereocenters. The molecule has 0 spiro atoms. The summed E-state index contributed by atoms with van der Waals surface area (Å²) in [7, 11) is 0. The molecule has 2 aromatic heterocycles. The first kappa shape index (κ1) is 30.2. The number of aromatic nitrogens is 2. The minimum Gasteiger partial charge on any atom is -0.506 e. The third kappa shape index (κ3) is 12.7. The fourth-order valence-corrected chi connectivity index (χ4v) is 3.32. The first-order valence-electron chi connectivity index (χ1n) is 12.7. The Morgan fingerprint density at radius 1 is 0.838 bits per heavy atom. The van der Waals surface area contributed by atoms with Crippen molar-refractivity contribution in [1.29, 1.82) is 0 Å². The zero-order valence-electron chi connectivity index (χ0n) is 23.0. The second-order valence-electron chi connectivity index (χ2n) is 11.5. The molecule has 0 aliphatic heterocycles. The van der Waals surface area contributed by atoms with E-state index in [-0.39, 0.29) is 16.7 Å². The normalized spacial score (nSPS) is 13.3. The number of rotatable bonds is 9. The van der Waals surface area contributed by atoms with E-state index in [0.717, 1.165) is 24.0 Å². The van der Waals surface area contributed by atoms with Gasteiger partial charge in [-0.15, -0.1) is 0 Å². The monoisotopic (exact) mass is 509 g/mol. The van der Waals surface area contributed by atoms with E-state index in [1.54, 1.807) is 18.6 Å². The highest BCUT2D eigenvalue weighted by Crippen LogP contribution is 2.28. The van der Waals surface area contributed by atoms with Gasteiger partial charge in [-0.05, 0) is 56.7 Å². The molecule has 0 unspecified atom stereocenters. The van der Waals surface area contributed by atoms with Crippen molar-refractivity contribution in [2.75, 3.05) is 6.54 Å². The largest absolute Gasteiger partial charge is 0.506 e. The Morgan fingerprint density at radius 3 is 2.05 bits per heavy atom. The van der Waals surface area contributed by atoms with E-state index in [2.05, 4.69) is 36.1 Å². The Hall–Kier alpha value is -3.00. The predicted octanol–water partition coefficient (Wildman–Crippen LogP) is 5.73. The average molecular weight is 510 g/mol. The average Bonchev–Trinajstić information content (AvgIpc) is 2.85. The van der Waals surface area contributed by atoms with Crippen LogP contribution in [0.5, 0.6) is 11.5 Å². The van der Waals surface area contributed by atoms with E-state index >= 15 is 0 Å². The summed E-state index contributed by atoms with van der Waals surface area (Å²) in [5.41, 5.74) is 2.73. The number of benzene rings is 1. The molecule has 0 saturated carbocycles. The second-order valence-corrected chi connectivity index (χ2v) is 11.5. The van der Waals surface area contributed by atoms with Crippen LogP contribution in [0.2, 0.25) is 0 Å². The van der Waals surface area contributed by atoms with Crippen molar-refractivity contribution < 1.29 is 20.1 Å². The standard InChI is InChI=1S/C19H25NO2.C11H18N2O2/c1-19(2,3)10-9-18(21)16-11-17(13-20-12-16)22-14-15-7-5-4-6-8-15;1-11(2,3)13-7-10(15)8-4-9(14)6-12-5-8/h4-8,11-13,18,21H,9-10,14H2,1-3H3;4-6,10,13-15H,7H2,1-3H3/t18-;10-/m00/s1. The molecule has 0 bridgehead atoms. The molecular weight excluding hydrogens is 466 g/mol. The predicted molar refractivity (Wildman–Crippen MR) is 147 cm³/mol. The maximum atomic E-state index is 10.3. The number of β-amino-alcohol motifs (C(OH)–C–C–N with tert-alkyl or cyclic N) is 1. The zero-order valence-corrected chi connectivity index (χ0v) is 23.0. The van der Waals surface area contributed by atoms with E-state index in [0.29, 0.717) is 24.5 Å². The molecule has 37 heavy (non-hydrogen) atoms. The molecule has 2 heterocycles. The lowest BCUT2D eigenvalue weighted by atomic mass is 9.88. The van der Waals surface area contributed by atoms with Gasteiger partial charge in [-0.3, -0.25) is 9.97 Å². The molecule has 7 heteroatoms. The van der Waals surface area contributed by atoms with E-state index in [1.807, 2.05) is 57.2 Å². The number of aromatic hydroxyl groups is 1. The fourth-order valence-electron chi connectivity index (χ4n) is 3.32. The SMILES string of the molecule is CC(C)(C)CC[C@H](O)c1cncc(OCc2ccccc2)c1.CC(C)(C)NC[C@H](O)c1cncc(O)c1. The fraction of sp³-hybridized carbons (Fsp3) is 0.467. The van der Waals surface area contributed by atoms with Crippen molar-refractivity contribution in [3.8, 4) is 11.5 Å². The van der Waals surface area contributed by atoms with E-state index in [1.165, 1.54) is 12.3 Å². The molecule has 4 N–H and O–H groups in total. The second kappa shape index (κ2) is 14.1.